The summed E-state index contributed by atoms with van der Waals surface area (Å²) in [7, 11) is 0. The van der Waals surface area contributed by atoms with Gasteiger partial charge in [-0.15, -0.1) is 0 Å². The van der Waals surface area contributed by atoms with Crippen LogP contribution in [0.25, 0.3) is 6.08 Å². The topological polar surface area (TPSA) is 104 Å². The molecule has 1 aliphatic rings. The Morgan fingerprint density at radius 3 is 2.50 bits per heavy atom. The number of carbonyl (C=O) groups excluding carboxylic acids is 3. The monoisotopic (exact) mass is 400 g/mol. The van der Waals surface area contributed by atoms with Crippen LogP contribution in [0, 0.1) is 5.82 Å². The summed E-state index contributed by atoms with van der Waals surface area (Å²) >= 11 is 0.599. The number of thioether (sulfide) groups is 1. The first kappa shape index (κ1) is 19.3. The summed E-state index contributed by atoms with van der Waals surface area (Å²) in [6, 6.07) is 11.5. The Kier molecular flexibility index (Phi) is 5.55. The molecule has 1 heterocycles. The number of carbonyl (C=O) groups is 4. The fraction of sp³-hybridized carbons (Fsp3) is 0.0526. The fourth-order valence-corrected chi connectivity index (χ4v) is 3.31. The van der Waals surface area contributed by atoms with Crippen LogP contribution < -0.4 is 5.32 Å². The lowest BCUT2D eigenvalue weighted by molar-refractivity contribution is -0.127. The van der Waals surface area contributed by atoms with Gasteiger partial charge in [-0.3, -0.25) is 19.3 Å². The Morgan fingerprint density at radius 2 is 1.79 bits per heavy atom. The molecule has 3 amide bonds. The highest BCUT2D eigenvalue weighted by Gasteiger charge is 2.36. The second-order valence-corrected chi connectivity index (χ2v) is 6.68. The Labute approximate surface area is 162 Å². The zero-order valence-corrected chi connectivity index (χ0v) is 15.0. The molecule has 28 heavy (non-hydrogen) atoms. The van der Waals surface area contributed by atoms with Crippen LogP contribution in [0.3, 0.4) is 0 Å². The van der Waals surface area contributed by atoms with Gasteiger partial charge in [0, 0.05) is 5.56 Å². The van der Waals surface area contributed by atoms with Gasteiger partial charge in [-0.25, -0.2) is 9.18 Å². The molecule has 7 nitrogen and oxygen atoms in total. The second kappa shape index (κ2) is 8.05. The maximum atomic E-state index is 13.7. The summed E-state index contributed by atoms with van der Waals surface area (Å²) in [4.78, 5) is 48.6. The molecular weight excluding hydrogens is 387 g/mol. The second-order valence-electron chi connectivity index (χ2n) is 5.69. The predicted molar refractivity (Wildman–Crippen MR) is 101 cm³/mol. The summed E-state index contributed by atoms with van der Waals surface area (Å²) < 4.78 is 13.7. The van der Waals surface area contributed by atoms with Crippen molar-refractivity contribution < 1.29 is 28.7 Å². The van der Waals surface area contributed by atoms with Gasteiger partial charge in [0.05, 0.1) is 16.2 Å². The molecule has 1 aliphatic heterocycles. The van der Waals surface area contributed by atoms with Gasteiger partial charge in [0.1, 0.15) is 12.4 Å². The fourth-order valence-electron chi connectivity index (χ4n) is 2.48. The number of carboxylic acids is 1. The zero-order chi connectivity index (χ0) is 20.3. The third-order valence-electron chi connectivity index (χ3n) is 3.80. The lowest BCUT2D eigenvalue weighted by Crippen LogP contribution is -2.36. The van der Waals surface area contributed by atoms with Gasteiger partial charge in [0.2, 0.25) is 5.91 Å². The van der Waals surface area contributed by atoms with Crippen molar-refractivity contribution in [3.8, 4) is 0 Å². The molecule has 0 radical (unpaired) electrons. The van der Waals surface area contributed by atoms with E-state index in [0.29, 0.717) is 11.8 Å². The van der Waals surface area contributed by atoms with Crippen molar-refractivity contribution in [2.45, 2.75) is 0 Å². The number of benzene rings is 2. The van der Waals surface area contributed by atoms with Crippen molar-refractivity contribution in [3.05, 3.63) is 70.4 Å². The molecule has 0 atom stereocenters. The first-order valence-corrected chi connectivity index (χ1v) is 8.80. The predicted octanol–water partition coefficient (Wildman–Crippen LogP) is 3.20. The highest BCUT2D eigenvalue weighted by atomic mass is 32.2. The molecule has 0 aromatic heterocycles. The van der Waals surface area contributed by atoms with Crippen molar-refractivity contribution in [3.63, 3.8) is 0 Å². The van der Waals surface area contributed by atoms with Crippen LogP contribution in [-0.2, 0) is 9.59 Å². The number of halogens is 1. The van der Waals surface area contributed by atoms with Crippen molar-refractivity contribution in [1.29, 1.82) is 0 Å². The molecule has 2 aromatic rings. The summed E-state index contributed by atoms with van der Waals surface area (Å²) in [5.41, 5.74) is 0.0751. The molecule has 142 valence electrons. The van der Waals surface area contributed by atoms with Crippen LogP contribution >= 0.6 is 11.8 Å². The smallest absolute Gasteiger partial charge is 0.337 e. The van der Waals surface area contributed by atoms with E-state index in [-0.39, 0.29) is 21.7 Å². The van der Waals surface area contributed by atoms with Crippen LogP contribution in [-0.4, -0.2) is 39.6 Å². The third-order valence-corrected chi connectivity index (χ3v) is 4.71. The van der Waals surface area contributed by atoms with Crippen molar-refractivity contribution in [1.82, 2.24) is 4.90 Å². The number of imide groups is 1. The molecule has 0 saturated carbocycles. The van der Waals surface area contributed by atoms with Gasteiger partial charge in [0.25, 0.3) is 11.1 Å². The maximum Gasteiger partial charge on any atom is 0.337 e. The number of nitrogens with zero attached hydrogens (tertiary/aromatic N) is 1. The number of hydrogen-bond acceptors (Lipinski definition) is 5. The maximum absolute atomic E-state index is 13.7. The highest BCUT2D eigenvalue weighted by Crippen LogP contribution is 2.32. The van der Waals surface area contributed by atoms with Crippen LogP contribution in [0.2, 0.25) is 0 Å². The molecular formula is C19H13FN2O5S. The van der Waals surface area contributed by atoms with E-state index in [2.05, 4.69) is 5.32 Å². The highest BCUT2D eigenvalue weighted by molar-refractivity contribution is 8.18. The molecule has 1 fully saturated rings. The Balaban J connectivity index is 1.74. The SMILES string of the molecule is O=C(CN1C(=O)SC(=Cc2ccccc2F)C1=O)Nc1ccccc1C(=O)O. The Hall–Kier alpha value is -3.46. The Morgan fingerprint density at radius 1 is 1.11 bits per heavy atom. The lowest BCUT2D eigenvalue weighted by Gasteiger charge is -2.13. The summed E-state index contributed by atoms with van der Waals surface area (Å²) in [5, 5.41) is 10.8. The summed E-state index contributed by atoms with van der Waals surface area (Å²) in [5.74, 6) is -3.23. The number of aromatic carboxylic acids is 1. The normalized spacial score (nSPS) is 15.2. The molecule has 0 spiro atoms. The van der Waals surface area contributed by atoms with Crippen LogP contribution in [0.1, 0.15) is 15.9 Å². The molecule has 1 saturated heterocycles. The standard InChI is InChI=1S/C19H13FN2O5S/c20-13-7-3-1-5-11(13)9-15-17(24)22(19(27)28-15)10-16(23)21-14-8-4-2-6-12(14)18(25)26/h1-9H,10H2,(H,21,23)(H,25,26). The van der Waals surface area contributed by atoms with E-state index in [1.165, 1.54) is 42.5 Å². The van der Waals surface area contributed by atoms with Crippen molar-refractivity contribution >= 4 is 46.5 Å². The lowest BCUT2D eigenvalue weighted by atomic mass is 10.2. The summed E-state index contributed by atoms with van der Waals surface area (Å²) in [6.45, 7) is -0.590. The largest absolute Gasteiger partial charge is 0.478 e. The van der Waals surface area contributed by atoms with E-state index >= 15 is 0 Å². The average Bonchev–Trinajstić information content (AvgIpc) is 2.91. The zero-order valence-electron chi connectivity index (χ0n) is 14.2. The van der Waals surface area contributed by atoms with Gasteiger partial charge in [-0.2, -0.15) is 0 Å². The van der Waals surface area contributed by atoms with E-state index < -0.39 is 35.4 Å². The van der Waals surface area contributed by atoms with E-state index in [0.717, 1.165) is 4.90 Å². The molecule has 0 bridgehead atoms. The minimum absolute atomic E-state index is 0.00571. The van der Waals surface area contributed by atoms with E-state index in [9.17, 15) is 23.6 Å². The van der Waals surface area contributed by atoms with Gasteiger partial charge in [-0.1, -0.05) is 30.3 Å². The van der Waals surface area contributed by atoms with Gasteiger partial charge < -0.3 is 10.4 Å². The number of para-hydroxylation sites is 1. The minimum Gasteiger partial charge on any atom is -0.478 e. The molecule has 2 N–H and O–H groups in total. The number of carboxylic acid groups (broad SMARTS) is 1. The summed E-state index contributed by atoms with van der Waals surface area (Å²) in [6.07, 6.45) is 1.25. The third kappa shape index (κ3) is 4.09. The number of nitrogens with one attached hydrogen (secondary N) is 1. The van der Waals surface area contributed by atoms with Crippen LogP contribution in [0.4, 0.5) is 14.9 Å². The molecule has 9 heteroatoms. The van der Waals surface area contributed by atoms with E-state index in [1.807, 2.05) is 0 Å². The quantitative estimate of drug-likeness (QED) is 0.747. The van der Waals surface area contributed by atoms with E-state index in [1.54, 1.807) is 12.1 Å². The number of amides is 3. The van der Waals surface area contributed by atoms with Gasteiger partial charge in [-0.05, 0) is 36.0 Å². The first-order chi connectivity index (χ1) is 13.4. The van der Waals surface area contributed by atoms with Crippen molar-refractivity contribution in [2.24, 2.45) is 0 Å². The molecule has 2 aromatic carbocycles. The van der Waals surface area contributed by atoms with Gasteiger partial charge >= 0.3 is 5.97 Å². The van der Waals surface area contributed by atoms with Gasteiger partial charge in [0.15, 0.2) is 0 Å². The Bertz CT molecular complexity index is 1020. The average molecular weight is 400 g/mol. The van der Waals surface area contributed by atoms with Crippen LogP contribution in [0.15, 0.2) is 53.4 Å². The first-order valence-electron chi connectivity index (χ1n) is 7.99. The van der Waals surface area contributed by atoms with E-state index in [4.69, 9.17) is 5.11 Å². The number of anilines is 1. The van der Waals surface area contributed by atoms with Crippen LogP contribution in [0.5, 0.6) is 0 Å². The number of rotatable bonds is 5. The van der Waals surface area contributed by atoms with Crippen molar-refractivity contribution in [2.75, 3.05) is 11.9 Å². The molecule has 0 unspecified atom stereocenters. The minimum atomic E-state index is -1.23. The number of hydrogen-bond donors (Lipinski definition) is 2. The molecule has 0 aliphatic carbocycles. The molecule has 3 rings (SSSR count).